The minimum Gasteiger partial charge on any atom is -0.376 e. The number of carbonyl (C=O) groups is 1. The summed E-state index contributed by atoms with van der Waals surface area (Å²) in [6, 6.07) is 19.5. The lowest BCUT2D eigenvalue weighted by molar-refractivity contribution is -0.114. The molecule has 3 aromatic rings. The fourth-order valence-corrected chi connectivity index (χ4v) is 2.59. The van der Waals surface area contributed by atoms with Crippen molar-refractivity contribution in [3.05, 3.63) is 71.2 Å². The van der Waals surface area contributed by atoms with Gasteiger partial charge < -0.3 is 10.6 Å². The van der Waals surface area contributed by atoms with Crippen LogP contribution in [0, 0.1) is 6.92 Å². The van der Waals surface area contributed by atoms with Gasteiger partial charge in [-0.15, -0.1) is 0 Å². The number of nitrogens with one attached hydrogen (secondary N) is 2. The van der Waals surface area contributed by atoms with E-state index in [2.05, 4.69) is 10.6 Å². The van der Waals surface area contributed by atoms with E-state index in [4.69, 9.17) is 11.6 Å². The first kappa shape index (κ1) is 15.4. The zero-order valence-corrected chi connectivity index (χ0v) is 13.5. The minimum atomic E-state index is -0.0990. The molecular weight excluding hydrogens is 308 g/mol. The zero-order chi connectivity index (χ0) is 16.2. The van der Waals surface area contributed by atoms with Gasteiger partial charge in [0.25, 0.3) is 0 Å². The van der Waals surface area contributed by atoms with Gasteiger partial charge in [0.15, 0.2) is 0 Å². The molecule has 2 N–H and O–H groups in total. The summed E-state index contributed by atoms with van der Waals surface area (Å²) in [6.45, 7) is 2.13. The van der Waals surface area contributed by atoms with Crippen LogP contribution in [0.2, 0.25) is 5.02 Å². The van der Waals surface area contributed by atoms with E-state index in [0.29, 0.717) is 5.02 Å². The van der Waals surface area contributed by atoms with Crippen molar-refractivity contribution >= 4 is 39.7 Å². The molecular formula is C19H17ClN2O. The summed E-state index contributed by atoms with van der Waals surface area (Å²) in [7, 11) is 0. The number of hydrogen-bond donors (Lipinski definition) is 2. The number of anilines is 2. The molecule has 0 atom stereocenters. The molecule has 3 nitrogen and oxygen atoms in total. The number of rotatable bonds is 4. The number of hydrogen-bond acceptors (Lipinski definition) is 2. The monoisotopic (exact) mass is 324 g/mol. The highest BCUT2D eigenvalue weighted by molar-refractivity contribution is 6.31. The molecule has 116 valence electrons. The van der Waals surface area contributed by atoms with Crippen molar-refractivity contribution < 1.29 is 4.79 Å². The Morgan fingerprint density at radius 3 is 2.65 bits per heavy atom. The van der Waals surface area contributed by atoms with Crippen LogP contribution in [0.3, 0.4) is 0 Å². The largest absolute Gasteiger partial charge is 0.376 e. The third-order valence-corrected chi connectivity index (χ3v) is 4.10. The maximum Gasteiger partial charge on any atom is 0.243 e. The Hall–Kier alpha value is -2.52. The van der Waals surface area contributed by atoms with E-state index in [0.717, 1.165) is 27.7 Å². The lowest BCUT2D eigenvalue weighted by Crippen LogP contribution is -2.21. The van der Waals surface area contributed by atoms with Crippen molar-refractivity contribution in [2.75, 3.05) is 17.2 Å². The molecule has 0 heterocycles. The number of carbonyl (C=O) groups excluding carboxylic acids is 1. The second kappa shape index (κ2) is 6.71. The van der Waals surface area contributed by atoms with Crippen molar-refractivity contribution in [1.29, 1.82) is 0 Å². The van der Waals surface area contributed by atoms with Crippen LogP contribution in [0.25, 0.3) is 10.8 Å². The first-order valence-electron chi connectivity index (χ1n) is 7.41. The highest BCUT2D eigenvalue weighted by Crippen LogP contribution is 2.23. The molecule has 4 heteroatoms. The van der Waals surface area contributed by atoms with E-state index < -0.39 is 0 Å². The Balaban J connectivity index is 1.68. The molecule has 23 heavy (non-hydrogen) atoms. The van der Waals surface area contributed by atoms with Crippen molar-refractivity contribution in [3.8, 4) is 0 Å². The molecule has 0 spiro atoms. The van der Waals surface area contributed by atoms with Gasteiger partial charge in [-0.3, -0.25) is 4.79 Å². The third-order valence-electron chi connectivity index (χ3n) is 3.69. The van der Waals surface area contributed by atoms with E-state index in [1.54, 1.807) is 0 Å². The van der Waals surface area contributed by atoms with Crippen LogP contribution >= 0.6 is 11.6 Å². The molecule has 0 aliphatic heterocycles. The second-order valence-corrected chi connectivity index (χ2v) is 5.80. The predicted octanol–water partition coefficient (Wildman–Crippen LogP) is 4.85. The van der Waals surface area contributed by atoms with Gasteiger partial charge in [0.05, 0.1) is 6.54 Å². The number of amides is 1. The number of fused-ring (bicyclic) bond motifs is 1. The van der Waals surface area contributed by atoms with E-state index in [1.807, 2.05) is 67.6 Å². The van der Waals surface area contributed by atoms with Crippen LogP contribution in [-0.2, 0) is 4.79 Å². The van der Waals surface area contributed by atoms with E-state index in [-0.39, 0.29) is 12.5 Å². The Labute approximate surface area is 140 Å². The predicted molar refractivity (Wildman–Crippen MR) is 97.3 cm³/mol. The summed E-state index contributed by atoms with van der Waals surface area (Å²) in [4.78, 5) is 12.2. The Morgan fingerprint density at radius 2 is 1.83 bits per heavy atom. The molecule has 0 unspecified atom stereocenters. The zero-order valence-electron chi connectivity index (χ0n) is 12.8. The van der Waals surface area contributed by atoms with Crippen molar-refractivity contribution in [3.63, 3.8) is 0 Å². The maximum absolute atomic E-state index is 12.2. The molecule has 0 fully saturated rings. The molecule has 0 aliphatic rings. The topological polar surface area (TPSA) is 41.1 Å². The molecule has 0 saturated carbocycles. The minimum absolute atomic E-state index is 0.0990. The Kier molecular flexibility index (Phi) is 4.49. The maximum atomic E-state index is 12.2. The van der Waals surface area contributed by atoms with Gasteiger partial charge in [-0.25, -0.2) is 0 Å². The van der Waals surface area contributed by atoms with Crippen LogP contribution in [0.4, 0.5) is 11.4 Å². The Bertz CT molecular complexity index is 856. The van der Waals surface area contributed by atoms with Crippen molar-refractivity contribution in [2.45, 2.75) is 6.92 Å². The number of aryl methyl sites for hydroxylation is 1. The summed E-state index contributed by atoms with van der Waals surface area (Å²) < 4.78 is 0. The van der Waals surface area contributed by atoms with Gasteiger partial charge in [-0.2, -0.15) is 0 Å². The van der Waals surface area contributed by atoms with E-state index >= 15 is 0 Å². The highest BCUT2D eigenvalue weighted by Gasteiger charge is 2.06. The SMILES string of the molecule is Cc1ccc(NCC(=O)Nc2cccc3ccccc23)cc1Cl. The molecule has 0 aliphatic carbocycles. The molecule has 3 aromatic carbocycles. The normalized spacial score (nSPS) is 10.5. The summed E-state index contributed by atoms with van der Waals surface area (Å²) in [6.07, 6.45) is 0. The van der Waals surface area contributed by atoms with Crippen LogP contribution < -0.4 is 10.6 Å². The lowest BCUT2D eigenvalue weighted by atomic mass is 10.1. The lowest BCUT2D eigenvalue weighted by Gasteiger charge is -2.10. The van der Waals surface area contributed by atoms with Crippen LogP contribution in [-0.4, -0.2) is 12.5 Å². The van der Waals surface area contributed by atoms with E-state index in [1.165, 1.54) is 0 Å². The quantitative estimate of drug-likeness (QED) is 0.720. The number of halogens is 1. The average molecular weight is 325 g/mol. The molecule has 0 aromatic heterocycles. The molecule has 0 radical (unpaired) electrons. The van der Waals surface area contributed by atoms with Gasteiger partial charge in [-0.05, 0) is 36.1 Å². The standard InChI is InChI=1S/C19H17ClN2O/c1-13-9-10-15(11-17(13)20)21-12-19(23)22-18-8-4-6-14-5-2-3-7-16(14)18/h2-11,21H,12H2,1H3,(H,22,23). The first-order chi connectivity index (χ1) is 11.1. The van der Waals surface area contributed by atoms with Gasteiger partial charge in [0.2, 0.25) is 5.91 Å². The molecule has 3 rings (SSSR count). The molecule has 0 bridgehead atoms. The molecule has 0 saturated heterocycles. The van der Waals surface area contributed by atoms with Crippen LogP contribution in [0.5, 0.6) is 0 Å². The fourth-order valence-electron chi connectivity index (χ4n) is 2.41. The Morgan fingerprint density at radius 1 is 1.04 bits per heavy atom. The number of benzene rings is 3. The first-order valence-corrected chi connectivity index (χ1v) is 7.79. The van der Waals surface area contributed by atoms with Gasteiger partial charge in [-0.1, -0.05) is 54.1 Å². The van der Waals surface area contributed by atoms with Gasteiger partial charge in [0.1, 0.15) is 0 Å². The van der Waals surface area contributed by atoms with E-state index in [9.17, 15) is 4.79 Å². The van der Waals surface area contributed by atoms with Crippen molar-refractivity contribution in [2.24, 2.45) is 0 Å². The fraction of sp³-hybridized carbons (Fsp3) is 0.105. The van der Waals surface area contributed by atoms with Gasteiger partial charge >= 0.3 is 0 Å². The van der Waals surface area contributed by atoms with Crippen LogP contribution in [0.1, 0.15) is 5.56 Å². The summed E-state index contributed by atoms with van der Waals surface area (Å²) in [5.74, 6) is -0.0990. The van der Waals surface area contributed by atoms with Gasteiger partial charge in [0, 0.05) is 21.8 Å². The second-order valence-electron chi connectivity index (χ2n) is 5.39. The van der Waals surface area contributed by atoms with Crippen molar-refractivity contribution in [1.82, 2.24) is 0 Å². The third kappa shape index (κ3) is 3.63. The summed E-state index contributed by atoms with van der Waals surface area (Å²) in [5.41, 5.74) is 2.66. The highest BCUT2D eigenvalue weighted by atomic mass is 35.5. The summed E-state index contributed by atoms with van der Waals surface area (Å²) >= 11 is 6.08. The smallest absolute Gasteiger partial charge is 0.243 e. The summed E-state index contributed by atoms with van der Waals surface area (Å²) in [5, 5.41) is 8.85. The molecule has 1 amide bonds. The average Bonchev–Trinajstić information content (AvgIpc) is 2.56. The van der Waals surface area contributed by atoms with Crippen LogP contribution in [0.15, 0.2) is 60.7 Å².